The van der Waals surface area contributed by atoms with E-state index in [-0.39, 0.29) is 0 Å². The third-order valence-electron chi connectivity index (χ3n) is 1.86. The Kier molecular flexibility index (Phi) is 5.56. The third kappa shape index (κ3) is 5.70. The summed E-state index contributed by atoms with van der Waals surface area (Å²) >= 11 is 0. The third-order valence-corrected chi connectivity index (χ3v) is 1.86. The number of hydrogen-bond donors (Lipinski definition) is 0. The molecule has 1 rings (SSSR count). The maximum Gasteiger partial charge on any atom is 0.0558 e. The Hall–Kier alpha value is -1.96. The van der Waals surface area contributed by atoms with E-state index in [9.17, 15) is 0 Å². The molecule has 2 heteroatoms. The van der Waals surface area contributed by atoms with Crippen molar-refractivity contribution in [1.82, 2.24) is 0 Å². The summed E-state index contributed by atoms with van der Waals surface area (Å²) in [5, 5.41) is 0. The highest BCUT2D eigenvalue weighted by molar-refractivity contribution is 6.03. The van der Waals surface area contributed by atoms with Crippen molar-refractivity contribution in [1.29, 1.82) is 0 Å². The molecular formula is C14H16N2. The molecule has 0 radical (unpaired) electrons. The summed E-state index contributed by atoms with van der Waals surface area (Å²) in [7, 11) is 0. The van der Waals surface area contributed by atoms with Gasteiger partial charge in [-0.2, -0.15) is 0 Å². The van der Waals surface area contributed by atoms with E-state index in [1.807, 2.05) is 24.3 Å². The zero-order valence-corrected chi connectivity index (χ0v) is 9.34. The normalized spacial score (nSPS) is 27.8. The van der Waals surface area contributed by atoms with E-state index in [4.69, 9.17) is 0 Å². The molecule has 0 N–H and O–H groups in total. The van der Waals surface area contributed by atoms with Crippen LogP contribution in [-0.2, 0) is 0 Å². The van der Waals surface area contributed by atoms with Crippen LogP contribution < -0.4 is 0 Å². The van der Waals surface area contributed by atoms with Crippen molar-refractivity contribution in [2.75, 3.05) is 0 Å². The van der Waals surface area contributed by atoms with Gasteiger partial charge < -0.3 is 0 Å². The Morgan fingerprint density at radius 2 is 1.81 bits per heavy atom. The van der Waals surface area contributed by atoms with Crippen molar-refractivity contribution < 1.29 is 0 Å². The molecule has 0 aromatic carbocycles. The molecule has 0 aromatic heterocycles. The minimum absolute atomic E-state index is 0.701. The zero-order valence-electron chi connectivity index (χ0n) is 9.34. The van der Waals surface area contributed by atoms with Crippen molar-refractivity contribution in [2.24, 2.45) is 9.98 Å². The minimum atomic E-state index is 0.701. The summed E-state index contributed by atoms with van der Waals surface area (Å²) < 4.78 is 0. The van der Waals surface area contributed by atoms with Gasteiger partial charge in [-0.15, -0.1) is 0 Å². The Bertz CT molecular complexity index is 355. The molecule has 0 saturated carbocycles. The van der Waals surface area contributed by atoms with Crippen LogP contribution >= 0.6 is 0 Å². The first kappa shape index (κ1) is 12.1. The highest BCUT2D eigenvalue weighted by Gasteiger charge is 1.84. The van der Waals surface area contributed by atoms with Gasteiger partial charge in [0, 0.05) is 24.2 Å². The van der Waals surface area contributed by atoms with Gasteiger partial charge in [0.05, 0.1) is 5.70 Å². The van der Waals surface area contributed by atoms with Gasteiger partial charge in [-0.3, -0.25) is 9.98 Å². The molecule has 0 amide bonds. The predicted molar refractivity (Wildman–Crippen MR) is 71.9 cm³/mol. The lowest BCUT2D eigenvalue weighted by molar-refractivity contribution is 1.05. The Labute approximate surface area is 96.8 Å². The van der Waals surface area contributed by atoms with Crippen LogP contribution in [0.4, 0.5) is 0 Å². The number of allylic oxidation sites excluding steroid dienone is 6. The van der Waals surface area contributed by atoms with E-state index in [1.165, 1.54) is 0 Å². The molecule has 0 spiro atoms. The Morgan fingerprint density at radius 1 is 1.00 bits per heavy atom. The van der Waals surface area contributed by atoms with Gasteiger partial charge >= 0.3 is 0 Å². The Balaban J connectivity index is 2.75. The summed E-state index contributed by atoms with van der Waals surface area (Å²) in [5.74, 6) is 0. The molecule has 1 aliphatic rings. The van der Waals surface area contributed by atoms with Gasteiger partial charge in [0.15, 0.2) is 0 Å². The van der Waals surface area contributed by atoms with Gasteiger partial charge in [0.25, 0.3) is 0 Å². The average molecular weight is 212 g/mol. The van der Waals surface area contributed by atoms with E-state index < -0.39 is 0 Å². The summed E-state index contributed by atoms with van der Waals surface area (Å²) in [6, 6.07) is 0. The first-order valence-corrected chi connectivity index (χ1v) is 5.22. The van der Waals surface area contributed by atoms with Gasteiger partial charge in [0.1, 0.15) is 0 Å². The summed E-state index contributed by atoms with van der Waals surface area (Å²) in [4.78, 5) is 8.23. The van der Waals surface area contributed by atoms with E-state index in [2.05, 4.69) is 29.2 Å². The van der Waals surface area contributed by atoms with Crippen molar-refractivity contribution in [2.45, 2.75) is 12.8 Å². The summed E-state index contributed by atoms with van der Waals surface area (Å²) in [5.41, 5.74) is 1.46. The second-order valence-corrected chi connectivity index (χ2v) is 3.35. The second kappa shape index (κ2) is 7.35. The van der Waals surface area contributed by atoms with Crippen LogP contribution in [0.15, 0.2) is 71.0 Å². The van der Waals surface area contributed by atoms with Gasteiger partial charge in [-0.1, -0.05) is 37.5 Å². The minimum Gasteiger partial charge on any atom is -0.264 e. The highest BCUT2D eigenvalue weighted by atomic mass is 14.7. The number of rotatable bonds is 0. The van der Waals surface area contributed by atoms with Crippen molar-refractivity contribution in [3.63, 3.8) is 0 Å². The van der Waals surface area contributed by atoms with Crippen LogP contribution in [0.1, 0.15) is 12.8 Å². The fourth-order valence-corrected chi connectivity index (χ4v) is 1.05. The molecule has 0 fully saturated rings. The molecule has 0 bridgehead atoms. The number of hydrogen-bond acceptors (Lipinski definition) is 2. The zero-order chi connectivity index (χ0) is 11.6. The maximum absolute atomic E-state index is 4.14. The first-order chi connectivity index (χ1) is 7.79. The van der Waals surface area contributed by atoms with Crippen LogP contribution in [-0.4, -0.2) is 12.4 Å². The van der Waals surface area contributed by atoms with E-state index in [1.54, 1.807) is 18.6 Å². The number of aliphatic imine (C=N–C) groups is 2. The van der Waals surface area contributed by atoms with Gasteiger partial charge in [-0.05, 0) is 18.9 Å². The van der Waals surface area contributed by atoms with Crippen LogP contribution in [0.5, 0.6) is 0 Å². The lowest BCUT2D eigenvalue weighted by Gasteiger charge is -1.91. The van der Waals surface area contributed by atoms with E-state index in [0.29, 0.717) is 5.70 Å². The van der Waals surface area contributed by atoms with Crippen LogP contribution in [0.2, 0.25) is 0 Å². The van der Waals surface area contributed by atoms with Crippen LogP contribution in [0.3, 0.4) is 0 Å². The maximum atomic E-state index is 4.14. The lowest BCUT2D eigenvalue weighted by atomic mass is 10.2. The molecular weight excluding hydrogens is 196 g/mol. The van der Waals surface area contributed by atoms with Gasteiger partial charge in [-0.25, -0.2) is 0 Å². The molecule has 2 nitrogen and oxygen atoms in total. The molecule has 1 heterocycles. The monoisotopic (exact) mass is 212 g/mol. The summed E-state index contributed by atoms with van der Waals surface area (Å²) in [6.45, 7) is 7.61. The smallest absolute Gasteiger partial charge is 0.0558 e. The first-order valence-electron chi connectivity index (χ1n) is 5.22. The highest BCUT2D eigenvalue weighted by Crippen LogP contribution is 1.98. The second-order valence-electron chi connectivity index (χ2n) is 3.35. The molecule has 1 aliphatic heterocycles. The average Bonchev–Trinajstić information content (AvgIpc) is 2.28. The van der Waals surface area contributed by atoms with Crippen LogP contribution in [0, 0.1) is 0 Å². The predicted octanol–water partition coefficient (Wildman–Crippen LogP) is 3.62. The molecule has 0 atom stereocenters. The summed E-state index contributed by atoms with van der Waals surface area (Å²) in [6.07, 6.45) is 17.0. The fourth-order valence-electron chi connectivity index (χ4n) is 1.05. The van der Waals surface area contributed by atoms with E-state index >= 15 is 0 Å². The molecule has 82 valence electrons. The fraction of sp³-hybridized carbons (Fsp3) is 0.143. The lowest BCUT2D eigenvalue weighted by Crippen LogP contribution is -1.83. The standard InChI is InChI=1S/C14H16N2/c1-13-11-15-10-8-6-4-3-5-7-9-14(2)16-12-13/h3,5,7-12H,1-2,4,6H2/b5-3-,9-7-,10-8-,15-11-,16-12-. The molecule has 0 aromatic rings. The quantitative estimate of drug-likeness (QED) is 0.586. The van der Waals surface area contributed by atoms with Crippen molar-refractivity contribution in [3.05, 3.63) is 61.0 Å². The van der Waals surface area contributed by atoms with Gasteiger partial charge in [0.2, 0.25) is 0 Å². The van der Waals surface area contributed by atoms with Crippen LogP contribution in [0.25, 0.3) is 0 Å². The molecule has 16 heavy (non-hydrogen) atoms. The largest absolute Gasteiger partial charge is 0.264 e. The van der Waals surface area contributed by atoms with E-state index in [0.717, 1.165) is 18.4 Å². The molecule has 0 saturated heterocycles. The van der Waals surface area contributed by atoms with Crippen molar-refractivity contribution in [3.8, 4) is 0 Å². The number of nitrogens with zero attached hydrogens (tertiary/aromatic N) is 2. The van der Waals surface area contributed by atoms with Crippen molar-refractivity contribution >= 4 is 12.4 Å². The molecule has 0 aliphatic carbocycles. The Morgan fingerprint density at radius 3 is 2.69 bits per heavy atom. The SMILES string of the molecule is C=C1/C=N\C=C/CC/C=C\C=C/C(=C)/N=C\1. The molecule has 0 unspecified atom stereocenters. The topological polar surface area (TPSA) is 24.7 Å².